The molecule has 0 spiro atoms. The first kappa shape index (κ1) is 18.5. The molecule has 1 heterocycles. The van der Waals surface area contributed by atoms with Crippen molar-refractivity contribution in [3.63, 3.8) is 0 Å². The van der Waals surface area contributed by atoms with Gasteiger partial charge in [0.15, 0.2) is 0 Å². The van der Waals surface area contributed by atoms with Crippen molar-refractivity contribution in [3.05, 3.63) is 92.6 Å². The summed E-state index contributed by atoms with van der Waals surface area (Å²) in [4.78, 5) is 35.9. The fourth-order valence-corrected chi connectivity index (χ4v) is 3.23. The molecule has 0 unspecified atom stereocenters. The number of amides is 2. The Morgan fingerprint density at radius 1 is 1.15 bits per heavy atom. The van der Waals surface area contributed by atoms with Crippen molar-refractivity contribution in [2.24, 2.45) is 0 Å². The molecule has 0 N–H and O–H groups in total. The molecule has 1 aliphatic rings. The molecule has 0 saturated carbocycles. The van der Waals surface area contributed by atoms with Crippen LogP contribution in [-0.4, -0.2) is 21.0 Å². The SMILES string of the molecule is O=C1S/C(=C\C=C\c2cccc([N+](=O)[O-])c2)C(=O)N1Cc1ccccc1F. The second-order valence-corrected chi connectivity index (χ2v) is 6.59. The number of imide groups is 1. The van der Waals surface area contributed by atoms with E-state index in [-0.39, 0.29) is 22.7 Å². The second kappa shape index (κ2) is 7.96. The number of carbonyl (C=O) groups is 2. The Morgan fingerprint density at radius 2 is 1.93 bits per heavy atom. The van der Waals surface area contributed by atoms with Gasteiger partial charge in [-0.2, -0.15) is 0 Å². The van der Waals surface area contributed by atoms with Crippen LogP contribution in [0.4, 0.5) is 14.9 Å². The van der Waals surface area contributed by atoms with Gasteiger partial charge in [-0.25, -0.2) is 4.39 Å². The quantitative estimate of drug-likeness (QED) is 0.430. The number of nitro groups is 1. The van der Waals surface area contributed by atoms with Gasteiger partial charge in [0.05, 0.1) is 16.4 Å². The number of allylic oxidation sites excluding steroid dienone is 2. The summed E-state index contributed by atoms with van der Waals surface area (Å²) in [5, 5.41) is 10.3. The number of non-ortho nitro benzene ring substituents is 1. The normalized spacial score (nSPS) is 15.9. The molecule has 2 aromatic rings. The molecule has 2 amide bonds. The van der Waals surface area contributed by atoms with E-state index in [1.165, 1.54) is 36.4 Å². The molecule has 27 heavy (non-hydrogen) atoms. The zero-order chi connectivity index (χ0) is 19.4. The van der Waals surface area contributed by atoms with Crippen molar-refractivity contribution in [3.8, 4) is 0 Å². The molecule has 1 saturated heterocycles. The highest BCUT2D eigenvalue weighted by Gasteiger charge is 2.35. The molecular formula is C19H13FN2O4S. The number of nitrogens with zero attached hydrogens (tertiary/aromatic N) is 2. The Kier molecular flexibility index (Phi) is 5.46. The highest BCUT2D eigenvalue weighted by Crippen LogP contribution is 2.32. The van der Waals surface area contributed by atoms with Crippen LogP contribution in [0.5, 0.6) is 0 Å². The number of thioether (sulfide) groups is 1. The van der Waals surface area contributed by atoms with E-state index in [2.05, 4.69) is 0 Å². The summed E-state index contributed by atoms with van der Waals surface area (Å²) in [6.07, 6.45) is 4.60. The molecule has 3 rings (SSSR count). The molecule has 8 heteroatoms. The molecule has 0 aromatic heterocycles. The molecular weight excluding hydrogens is 371 g/mol. The van der Waals surface area contributed by atoms with Crippen LogP contribution in [0.1, 0.15) is 11.1 Å². The number of hydrogen-bond donors (Lipinski definition) is 0. The van der Waals surface area contributed by atoms with Crippen molar-refractivity contribution in [2.75, 3.05) is 0 Å². The Labute approximate surface area is 158 Å². The zero-order valence-electron chi connectivity index (χ0n) is 13.9. The number of halogens is 1. The molecule has 0 radical (unpaired) electrons. The third kappa shape index (κ3) is 4.29. The molecule has 2 aromatic carbocycles. The molecule has 6 nitrogen and oxygen atoms in total. The fourth-order valence-electron chi connectivity index (χ4n) is 2.44. The summed E-state index contributed by atoms with van der Waals surface area (Å²) in [7, 11) is 0. The lowest BCUT2D eigenvalue weighted by atomic mass is 10.2. The van der Waals surface area contributed by atoms with Gasteiger partial charge in [0.2, 0.25) is 0 Å². The number of rotatable bonds is 5. The predicted molar refractivity (Wildman–Crippen MR) is 100 cm³/mol. The Bertz CT molecular complexity index is 987. The standard InChI is InChI=1S/C19H13FN2O4S/c20-16-9-2-1-7-14(16)12-21-18(23)17(27-19(21)24)10-4-6-13-5-3-8-15(11-13)22(25)26/h1-11H,12H2/b6-4+,17-10-. The van der Waals surface area contributed by atoms with Gasteiger partial charge in [-0.15, -0.1) is 0 Å². The van der Waals surface area contributed by atoms with Crippen molar-refractivity contribution in [1.82, 2.24) is 4.90 Å². The Morgan fingerprint density at radius 3 is 2.67 bits per heavy atom. The van der Waals surface area contributed by atoms with Gasteiger partial charge in [0, 0.05) is 17.7 Å². The summed E-state index contributed by atoms with van der Waals surface area (Å²) < 4.78 is 13.7. The Hall–Kier alpha value is -3.26. The highest BCUT2D eigenvalue weighted by molar-refractivity contribution is 8.18. The van der Waals surface area contributed by atoms with E-state index in [0.29, 0.717) is 5.56 Å². The van der Waals surface area contributed by atoms with Crippen LogP contribution in [0.15, 0.2) is 65.6 Å². The van der Waals surface area contributed by atoms with Gasteiger partial charge in [0.25, 0.3) is 16.8 Å². The number of nitro benzene ring substituents is 1. The molecule has 0 bridgehead atoms. The van der Waals surface area contributed by atoms with Gasteiger partial charge in [-0.1, -0.05) is 42.5 Å². The van der Waals surface area contributed by atoms with E-state index >= 15 is 0 Å². The Balaban J connectivity index is 1.73. The molecule has 1 fully saturated rings. The molecule has 0 atom stereocenters. The molecule has 0 aliphatic carbocycles. The van der Waals surface area contributed by atoms with E-state index < -0.39 is 21.9 Å². The first-order valence-corrected chi connectivity index (χ1v) is 8.67. The van der Waals surface area contributed by atoms with E-state index in [9.17, 15) is 24.1 Å². The van der Waals surface area contributed by atoms with Crippen LogP contribution in [-0.2, 0) is 11.3 Å². The van der Waals surface area contributed by atoms with Crippen LogP contribution in [0.2, 0.25) is 0 Å². The summed E-state index contributed by atoms with van der Waals surface area (Å²) in [5.74, 6) is -0.983. The maximum absolute atomic E-state index is 13.7. The van der Waals surface area contributed by atoms with Crippen molar-refractivity contribution < 1.29 is 18.9 Å². The van der Waals surface area contributed by atoms with E-state index in [0.717, 1.165) is 16.7 Å². The van der Waals surface area contributed by atoms with Gasteiger partial charge >= 0.3 is 0 Å². The van der Waals surface area contributed by atoms with Gasteiger partial charge < -0.3 is 0 Å². The fraction of sp³-hybridized carbons (Fsp3) is 0.0526. The van der Waals surface area contributed by atoms with Crippen LogP contribution < -0.4 is 0 Å². The minimum atomic E-state index is -0.503. The number of hydrogen-bond acceptors (Lipinski definition) is 5. The van der Waals surface area contributed by atoms with Gasteiger partial charge in [0.1, 0.15) is 5.82 Å². The zero-order valence-corrected chi connectivity index (χ0v) is 14.7. The predicted octanol–water partition coefficient (Wildman–Crippen LogP) is 4.53. The van der Waals surface area contributed by atoms with E-state index in [1.807, 2.05) is 0 Å². The third-order valence-electron chi connectivity index (χ3n) is 3.78. The minimum Gasteiger partial charge on any atom is -0.268 e. The summed E-state index contributed by atoms with van der Waals surface area (Å²) >= 11 is 0.767. The van der Waals surface area contributed by atoms with Crippen LogP contribution >= 0.6 is 11.8 Å². The lowest BCUT2D eigenvalue weighted by molar-refractivity contribution is -0.384. The first-order valence-electron chi connectivity index (χ1n) is 7.85. The smallest absolute Gasteiger partial charge is 0.268 e. The second-order valence-electron chi connectivity index (χ2n) is 5.59. The van der Waals surface area contributed by atoms with Crippen molar-refractivity contribution in [1.29, 1.82) is 0 Å². The van der Waals surface area contributed by atoms with Gasteiger partial charge in [-0.05, 0) is 29.5 Å². The maximum Gasteiger partial charge on any atom is 0.293 e. The third-order valence-corrected chi connectivity index (χ3v) is 4.70. The van der Waals surface area contributed by atoms with Gasteiger partial charge in [-0.3, -0.25) is 24.6 Å². The average molecular weight is 384 g/mol. The summed E-state index contributed by atoms with van der Waals surface area (Å²) in [6, 6.07) is 12.0. The van der Waals surface area contributed by atoms with Crippen molar-refractivity contribution >= 4 is 34.7 Å². The van der Waals surface area contributed by atoms with E-state index in [4.69, 9.17) is 0 Å². The van der Waals surface area contributed by atoms with E-state index in [1.54, 1.807) is 30.4 Å². The molecule has 1 aliphatic heterocycles. The first-order chi connectivity index (χ1) is 13.0. The topological polar surface area (TPSA) is 80.5 Å². The summed E-state index contributed by atoms with van der Waals surface area (Å²) in [6.45, 7) is -0.136. The monoisotopic (exact) mass is 384 g/mol. The highest BCUT2D eigenvalue weighted by atomic mass is 32.2. The lowest BCUT2D eigenvalue weighted by Crippen LogP contribution is -2.27. The maximum atomic E-state index is 13.7. The molecule has 136 valence electrons. The van der Waals surface area contributed by atoms with Crippen LogP contribution in [0, 0.1) is 15.9 Å². The minimum absolute atomic E-state index is 0.0395. The van der Waals surface area contributed by atoms with Crippen LogP contribution in [0.25, 0.3) is 6.08 Å². The lowest BCUT2D eigenvalue weighted by Gasteiger charge is -2.12. The largest absolute Gasteiger partial charge is 0.293 e. The summed E-state index contributed by atoms with van der Waals surface area (Å²) in [5.41, 5.74) is 0.807. The number of benzene rings is 2. The van der Waals surface area contributed by atoms with Crippen LogP contribution in [0.3, 0.4) is 0 Å². The van der Waals surface area contributed by atoms with Crippen molar-refractivity contribution in [2.45, 2.75) is 6.54 Å². The number of carbonyl (C=O) groups excluding carboxylic acids is 2. The average Bonchev–Trinajstić information content (AvgIpc) is 2.91.